The van der Waals surface area contributed by atoms with Gasteiger partial charge in [-0.1, -0.05) is 0 Å². The molecule has 4 nitrogen and oxygen atoms in total. The summed E-state index contributed by atoms with van der Waals surface area (Å²) in [5, 5.41) is 8.73. The van der Waals surface area contributed by atoms with E-state index in [9.17, 15) is 13.2 Å². The molecule has 0 aromatic heterocycles. The summed E-state index contributed by atoms with van der Waals surface area (Å²) in [6.45, 7) is 0. The molecule has 80 valence electrons. The Labute approximate surface area is 83.2 Å². The van der Waals surface area contributed by atoms with Crippen molar-refractivity contribution in [1.82, 2.24) is 0 Å². The average molecular weight is 218 g/mol. The van der Waals surface area contributed by atoms with Gasteiger partial charge in [-0.25, -0.2) is 8.42 Å². The number of hydrogen-bond donors (Lipinski definition) is 1. The van der Waals surface area contributed by atoms with Crippen LogP contribution in [0.4, 0.5) is 0 Å². The fourth-order valence-electron chi connectivity index (χ4n) is 2.54. The third kappa shape index (κ3) is 1.65. The largest absolute Gasteiger partial charge is 0.481 e. The van der Waals surface area contributed by atoms with Gasteiger partial charge in [0.2, 0.25) is 0 Å². The van der Waals surface area contributed by atoms with Crippen molar-refractivity contribution in [2.75, 3.05) is 11.5 Å². The molecule has 5 heteroatoms. The van der Waals surface area contributed by atoms with Crippen LogP contribution >= 0.6 is 0 Å². The predicted molar refractivity (Wildman–Crippen MR) is 50.7 cm³/mol. The first-order valence-electron chi connectivity index (χ1n) is 4.86. The third-order valence-electron chi connectivity index (χ3n) is 3.59. The summed E-state index contributed by atoms with van der Waals surface area (Å²) in [5.41, 5.74) is 0.0500. The maximum absolute atomic E-state index is 11.2. The minimum Gasteiger partial charge on any atom is -0.481 e. The van der Waals surface area contributed by atoms with Gasteiger partial charge in [0.1, 0.15) is 9.84 Å². The number of aliphatic carboxylic acids is 1. The van der Waals surface area contributed by atoms with E-state index in [1.54, 1.807) is 0 Å². The van der Waals surface area contributed by atoms with Crippen molar-refractivity contribution in [3.8, 4) is 0 Å². The van der Waals surface area contributed by atoms with Gasteiger partial charge in [-0.05, 0) is 31.1 Å². The Morgan fingerprint density at radius 1 is 1.21 bits per heavy atom. The second-order valence-corrected chi connectivity index (χ2v) is 6.90. The summed E-state index contributed by atoms with van der Waals surface area (Å²) in [5.74, 6) is -0.460. The Balaban J connectivity index is 1.95. The van der Waals surface area contributed by atoms with E-state index in [1.807, 2.05) is 0 Å². The summed E-state index contributed by atoms with van der Waals surface area (Å²) in [6.07, 6.45) is 2.69. The molecule has 1 aliphatic heterocycles. The molecule has 0 aromatic carbocycles. The van der Waals surface area contributed by atoms with Crippen LogP contribution in [0.2, 0.25) is 0 Å². The van der Waals surface area contributed by atoms with Crippen LogP contribution in [0.3, 0.4) is 0 Å². The van der Waals surface area contributed by atoms with Gasteiger partial charge in [-0.15, -0.1) is 0 Å². The number of carboxylic acids is 1. The first-order chi connectivity index (χ1) is 6.43. The van der Waals surface area contributed by atoms with Gasteiger partial charge in [0, 0.05) is 0 Å². The smallest absolute Gasteiger partial charge is 0.306 e. The van der Waals surface area contributed by atoms with E-state index >= 15 is 0 Å². The highest BCUT2D eigenvalue weighted by Gasteiger charge is 2.49. The lowest BCUT2D eigenvalue weighted by Gasteiger charge is -2.48. The highest BCUT2D eigenvalue weighted by molar-refractivity contribution is 7.91. The standard InChI is InChI=1S/C9H14O4S/c10-8(11)7-5-9(6-7)1-3-14(12,13)4-2-9/h7H,1-6H2,(H,10,11). The summed E-state index contributed by atoms with van der Waals surface area (Å²) in [7, 11) is -2.82. The fraction of sp³-hybridized carbons (Fsp3) is 0.889. The Morgan fingerprint density at radius 3 is 2.14 bits per heavy atom. The van der Waals surface area contributed by atoms with Crippen LogP contribution in [0.1, 0.15) is 25.7 Å². The van der Waals surface area contributed by atoms with Crippen molar-refractivity contribution >= 4 is 15.8 Å². The number of rotatable bonds is 1. The molecule has 14 heavy (non-hydrogen) atoms. The van der Waals surface area contributed by atoms with Gasteiger partial charge in [-0.2, -0.15) is 0 Å². The summed E-state index contributed by atoms with van der Waals surface area (Å²) >= 11 is 0. The van der Waals surface area contributed by atoms with E-state index in [0.717, 1.165) is 0 Å². The van der Waals surface area contributed by atoms with Crippen LogP contribution < -0.4 is 0 Å². The predicted octanol–water partition coefficient (Wildman–Crippen LogP) is 0.676. The van der Waals surface area contributed by atoms with Crippen molar-refractivity contribution in [2.24, 2.45) is 11.3 Å². The Hall–Kier alpha value is -0.580. The van der Waals surface area contributed by atoms with Crippen molar-refractivity contribution in [2.45, 2.75) is 25.7 Å². The zero-order valence-electron chi connectivity index (χ0n) is 7.90. The molecule has 0 aromatic rings. The van der Waals surface area contributed by atoms with Crippen molar-refractivity contribution < 1.29 is 18.3 Å². The molecule has 1 heterocycles. The van der Waals surface area contributed by atoms with Crippen molar-refractivity contribution in [3.05, 3.63) is 0 Å². The molecule has 1 spiro atoms. The number of hydrogen-bond acceptors (Lipinski definition) is 3. The molecule has 1 saturated heterocycles. The lowest BCUT2D eigenvalue weighted by atomic mass is 9.59. The first kappa shape index (κ1) is 9.96. The molecule has 1 aliphatic carbocycles. The number of carboxylic acid groups (broad SMARTS) is 1. The second kappa shape index (κ2) is 2.95. The van der Waals surface area contributed by atoms with Gasteiger partial charge >= 0.3 is 5.97 Å². The quantitative estimate of drug-likeness (QED) is 0.702. The maximum Gasteiger partial charge on any atom is 0.306 e. The molecule has 0 amide bonds. The van der Waals surface area contributed by atoms with Gasteiger partial charge in [0.05, 0.1) is 17.4 Å². The van der Waals surface area contributed by atoms with Crippen LogP contribution in [-0.2, 0) is 14.6 Å². The molecule has 2 rings (SSSR count). The lowest BCUT2D eigenvalue weighted by molar-refractivity contribution is -0.150. The van der Waals surface area contributed by atoms with E-state index in [1.165, 1.54) is 0 Å². The maximum atomic E-state index is 11.2. The van der Waals surface area contributed by atoms with Crippen LogP contribution in [0, 0.1) is 11.3 Å². The van der Waals surface area contributed by atoms with Gasteiger partial charge in [0.25, 0.3) is 0 Å². The van der Waals surface area contributed by atoms with Crippen LogP contribution in [-0.4, -0.2) is 31.0 Å². The zero-order chi connectivity index (χ0) is 10.4. The highest BCUT2D eigenvalue weighted by Crippen LogP contribution is 2.52. The van der Waals surface area contributed by atoms with Crippen LogP contribution in [0.5, 0.6) is 0 Å². The first-order valence-corrected chi connectivity index (χ1v) is 6.68. The molecule has 0 atom stereocenters. The molecular formula is C9H14O4S. The SMILES string of the molecule is O=C(O)C1CC2(CCS(=O)(=O)CC2)C1. The zero-order valence-corrected chi connectivity index (χ0v) is 8.72. The molecule has 0 bridgehead atoms. The molecule has 1 saturated carbocycles. The average Bonchev–Trinajstić information content (AvgIpc) is 2.00. The van der Waals surface area contributed by atoms with Crippen molar-refractivity contribution in [1.29, 1.82) is 0 Å². The van der Waals surface area contributed by atoms with Gasteiger partial charge < -0.3 is 5.11 Å². The molecule has 1 N–H and O–H groups in total. The lowest BCUT2D eigenvalue weighted by Crippen LogP contribution is -2.46. The van der Waals surface area contributed by atoms with E-state index in [4.69, 9.17) is 5.11 Å². The molecule has 2 aliphatic rings. The fourth-order valence-corrected chi connectivity index (χ4v) is 4.23. The van der Waals surface area contributed by atoms with Gasteiger partial charge in [-0.3, -0.25) is 4.79 Å². The normalized spacial score (nSPS) is 29.7. The monoisotopic (exact) mass is 218 g/mol. The number of carbonyl (C=O) groups is 1. The van der Waals surface area contributed by atoms with E-state index in [0.29, 0.717) is 25.7 Å². The third-order valence-corrected chi connectivity index (χ3v) is 5.25. The van der Waals surface area contributed by atoms with Gasteiger partial charge in [0.15, 0.2) is 0 Å². The van der Waals surface area contributed by atoms with E-state index in [2.05, 4.69) is 0 Å². The Kier molecular flexibility index (Phi) is 2.10. The summed E-state index contributed by atoms with van der Waals surface area (Å²) < 4.78 is 22.4. The van der Waals surface area contributed by atoms with E-state index in [-0.39, 0.29) is 22.8 Å². The molecule has 2 fully saturated rings. The molecule has 0 unspecified atom stereocenters. The molecular weight excluding hydrogens is 204 g/mol. The Bertz CT molecular complexity index is 335. The minimum absolute atomic E-state index is 0.0500. The topological polar surface area (TPSA) is 71.4 Å². The molecule has 0 radical (unpaired) electrons. The van der Waals surface area contributed by atoms with Crippen molar-refractivity contribution in [3.63, 3.8) is 0 Å². The summed E-state index contributed by atoms with van der Waals surface area (Å²) in [6, 6.07) is 0. The van der Waals surface area contributed by atoms with Crippen LogP contribution in [0.15, 0.2) is 0 Å². The van der Waals surface area contributed by atoms with E-state index < -0.39 is 15.8 Å². The summed E-state index contributed by atoms with van der Waals surface area (Å²) in [4.78, 5) is 10.6. The Morgan fingerprint density at radius 2 is 1.71 bits per heavy atom. The minimum atomic E-state index is -2.82. The second-order valence-electron chi connectivity index (χ2n) is 4.60. The number of sulfone groups is 1. The van der Waals surface area contributed by atoms with Crippen LogP contribution in [0.25, 0.3) is 0 Å². The highest BCUT2D eigenvalue weighted by atomic mass is 32.2.